The van der Waals surface area contributed by atoms with Crippen molar-refractivity contribution in [2.45, 2.75) is 0 Å². The summed E-state index contributed by atoms with van der Waals surface area (Å²) in [7, 11) is 0. The molecule has 0 radical (unpaired) electrons. The van der Waals surface area contributed by atoms with Crippen LogP contribution < -0.4 is 0 Å². The molecule has 3 rings (SSSR count). The Morgan fingerprint density at radius 1 is 0.895 bits per heavy atom. The normalized spacial score (nSPS) is 10.6. The smallest absolute Gasteiger partial charge is 0.115 e. The Kier molecular flexibility index (Phi) is 3.23. The van der Waals surface area contributed by atoms with Gasteiger partial charge in [-0.25, -0.2) is 4.68 Å². The van der Waals surface area contributed by atoms with Crippen LogP contribution in [0.4, 0.5) is 0 Å². The lowest BCUT2D eigenvalue weighted by molar-refractivity contribution is 0.804. The minimum Gasteiger partial charge on any atom is -0.220 e. The Morgan fingerprint density at radius 2 is 1.63 bits per heavy atom. The van der Waals surface area contributed by atoms with Crippen molar-refractivity contribution in [1.82, 2.24) is 15.0 Å². The summed E-state index contributed by atoms with van der Waals surface area (Å²) >= 11 is 12.0. The first-order chi connectivity index (χ1) is 9.24. The fourth-order valence-corrected chi connectivity index (χ4v) is 2.13. The third kappa shape index (κ3) is 2.48. The third-order valence-corrected chi connectivity index (χ3v) is 3.32. The zero-order valence-electron chi connectivity index (χ0n) is 9.79. The van der Waals surface area contributed by atoms with E-state index in [1.165, 1.54) is 0 Å². The Morgan fingerprint density at radius 3 is 2.37 bits per heavy atom. The first kappa shape index (κ1) is 12.2. The van der Waals surface area contributed by atoms with Crippen molar-refractivity contribution in [3.63, 3.8) is 0 Å². The van der Waals surface area contributed by atoms with Crippen LogP contribution in [-0.4, -0.2) is 15.0 Å². The fraction of sp³-hybridized carbons (Fsp3) is 0. The van der Waals surface area contributed by atoms with E-state index in [0.717, 1.165) is 16.9 Å². The highest BCUT2D eigenvalue weighted by molar-refractivity contribution is 6.33. The summed E-state index contributed by atoms with van der Waals surface area (Å²) in [5, 5.41) is 9.59. The number of rotatable bonds is 2. The van der Waals surface area contributed by atoms with Gasteiger partial charge in [0, 0.05) is 10.6 Å². The van der Waals surface area contributed by atoms with E-state index in [4.69, 9.17) is 23.2 Å². The van der Waals surface area contributed by atoms with E-state index < -0.39 is 0 Å². The molecule has 0 amide bonds. The van der Waals surface area contributed by atoms with Gasteiger partial charge in [0.05, 0.1) is 16.9 Å². The minimum atomic E-state index is 0.658. The Balaban J connectivity index is 2.00. The van der Waals surface area contributed by atoms with Gasteiger partial charge in [0.2, 0.25) is 0 Å². The molecule has 0 aliphatic heterocycles. The van der Waals surface area contributed by atoms with Crippen molar-refractivity contribution in [3.8, 4) is 16.9 Å². The van der Waals surface area contributed by atoms with Crippen LogP contribution in [-0.2, 0) is 0 Å². The summed E-state index contributed by atoms with van der Waals surface area (Å²) < 4.78 is 1.69. The molecule has 3 nitrogen and oxygen atoms in total. The monoisotopic (exact) mass is 289 g/mol. The average molecular weight is 290 g/mol. The van der Waals surface area contributed by atoms with Crippen molar-refractivity contribution in [1.29, 1.82) is 0 Å². The average Bonchev–Trinajstić information content (AvgIpc) is 2.89. The molecule has 5 heteroatoms. The van der Waals surface area contributed by atoms with E-state index in [9.17, 15) is 0 Å². The molecular formula is C14H9Cl2N3. The summed E-state index contributed by atoms with van der Waals surface area (Å²) in [5.74, 6) is 0. The van der Waals surface area contributed by atoms with Gasteiger partial charge >= 0.3 is 0 Å². The second-order valence-electron chi connectivity index (χ2n) is 4.00. The van der Waals surface area contributed by atoms with Crippen LogP contribution in [0.1, 0.15) is 0 Å². The maximum atomic E-state index is 6.14. The van der Waals surface area contributed by atoms with E-state index in [0.29, 0.717) is 10.0 Å². The molecule has 0 atom stereocenters. The van der Waals surface area contributed by atoms with Gasteiger partial charge in [-0.05, 0) is 30.3 Å². The first-order valence-corrected chi connectivity index (χ1v) is 6.43. The standard InChI is InChI=1S/C14H9Cl2N3/c15-10-5-7-11(8-6-10)19-9-14(17-18-19)12-3-1-2-4-13(12)16/h1-9H. The zero-order valence-corrected chi connectivity index (χ0v) is 11.3. The molecule has 0 spiro atoms. The summed E-state index contributed by atoms with van der Waals surface area (Å²) in [5.41, 5.74) is 2.50. The Bertz CT molecular complexity index is 705. The third-order valence-electron chi connectivity index (χ3n) is 2.73. The largest absolute Gasteiger partial charge is 0.220 e. The van der Waals surface area contributed by atoms with Gasteiger partial charge in [-0.1, -0.05) is 46.6 Å². The van der Waals surface area contributed by atoms with Crippen LogP contribution in [0.15, 0.2) is 54.7 Å². The summed E-state index contributed by atoms with van der Waals surface area (Å²) in [6, 6.07) is 14.9. The summed E-state index contributed by atoms with van der Waals surface area (Å²) in [4.78, 5) is 0. The second-order valence-corrected chi connectivity index (χ2v) is 4.85. The molecule has 1 heterocycles. The van der Waals surface area contributed by atoms with Gasteiger partial charge in [-0.3, -0.25) is 0 Å². The molecule has 0 fully saturated rings. The molecule has 0 aliphatic rings. The van der Waals surface area contributed by atoms with Gasteiger partial charge in [0.1, 0.15) is 5.69 Å². The minimum absolute atomic E-state index is 0.658. The van der Waals surface area contributed by atoms with Gasteiger partial charge in [0.25, 0.3) is 0 Å². The highest BCUT2D eigenvalue weighted by Gasteiger charge is 2.08. The summed E-state index contributed by atoms with van der Waals surface area (Å²) in [6.45, 7) is 0. The van der Waals surface area contributed by atoms with Gasteiger partial charge in [-0.15, -0.1) is 5.10 Å². The van der Waals surface area contributed by atoms with Gasteiger partial charge in [-0.2, -0.15) is 0 Å². The van der Waals surface area contributed by atoms with Crippen molar-refractivity contribution in [2.75, 3.05) is 0 Å². The lowest BCUT2D eigenvalue weighted by atomic mass is 10.2. The van der Waals surface area contributed by atoms with E-state index in [2.05, 4.69) is 10.3 Å². The zero-order chi connectivity index (χ0) is 13.2. The van der Waals surface area contributed by atoms with Crippen LogP contribution in [0, 0.1) is 0 Å². The van der Waals surface area contributed by atoms with Crippen molar-refractivity contribution in [3.05, 3.63) is 64.8 Å². The molecule has 3 aromatic rings. The highest BCUT2D eigenvalue weighted by atomic mass is 35.5. The molecule has 0 aliphatic carbocycles. The van der Waals surface area contributed by atoms with Gasteiger partial charge in [0.15, 0.2) is 0 Å². The van der Waals surface area contributed by atoms with E-state index in [1.807, 2.05) is 54.7 Å². The highest BCUT2D eigenvalue weighted by Crippen LogP contribution is 2.26. The molecular weight excluding hydrogens is 281 g/mol. The van der Waals surface area contributed by atoms with Crippen molar-refractivity contribution < 1.29 is 0 Å². The Hall–Kier alpha value is -1.84. The number of aromatic nitrogens is 3. The molecule has 94 valence electrons. The van der Waals surface area contributed by atoms with Crippen LogP contribution >= 0.6 is 23.2 Å². The van der Waals surface area contributed by atoms with Crippen LogP contribution in [0.2, 0.25) is 10.0 Å². The van der Waals surface area contributed by atoms with E-state index >= 15 is 0 Å². The summed E-state index contributed by atoms with van der Waals surface area (Å²) in [6.07, 6.45) is 1.84. The van der Waals surface area contributed by atoms with Crippen LogP contribution in [0.3, 0.4) is 0 Å². The molecule has 0 unspecified atom stereocenters. The van der Waals surface area contributed by atoms with Crippen LogP contribution in [0.5, 0.6) is 0 Å². The first-order valence-electron chi connectivity index (χ1n) is 5.67. The number of halogens is 2. The van der Waals surface area contributed by atoms with Crippen molar-refractivity contribution in [2.24, 2.45) is 0 Å². The Labute approximate surface area is 120 Å². The SMILES string of the molecule is Clc1ccc(-n2cc(-c3ccccc3Cl)nn2)cc1. The molecule has 0 N–H and O–H groups in total. The van der Waals surface area contributed by atoms with Gasteiger partial charge < -0.3 is 0 Å². The van der Waals surface area contributed by atoms with E-state index in [1.54, 1.807) is 4.68 Å². The molecule has 0 saturated heterocycles. The molecule has 2 aromatic carbocycles. The topological polar surface area (TPSA) is 30.7 Å². The lowest BCUT2D eigenvalue weighted by Gasteiger charge is -1.99. The van der Waals surface area contributed by atoms with E-state index in [-0.39, 0.29) is 0 Å². The lowest BCUT2D eigenvalue weighted by Crippen LogP contribution is -1.93. The van der Waals surface area contributed by atoms with Crippen LogP contribution in [0.25, 0.3) is 16.9 Å². The number of hydrogen-bond acceptors (Lipinski definition) is 2. The maximum Gasteiger partial charge on any atom is 0.115 e. The maximum absolute atomic E-state index is 6.14. The fourth-order valence-electron chi connectivity index (χ4n) is 1.78. The predicted octanol–water partition coefficient (Wildman–Crippen LogP) is 4.24. The number of hydrogen-bond donors (Lipinski definition) is 0. The molecule has 19 heavy (non-hydrogen) atoms. The molecule has 0 saturated carbocycles. The molecule has 1 aromatic heterocycles. The number of benzene rings is 2. The van der Waals surface area contributed by atoms with Crippen molar-refractivity contribution >= 4 is 23.2 Å². The second kappa shape index (κ2) is 5.03. The predicted molar refractivity (Wildman–Crippen MR) is 76.8 cm³/mol. The quantitative estimate of drug-likeness (QED) is 0.706. The molecule has 0 bridgehead atoms. The number of nitrogens with zero attached hydrogens (tertiary/aromatic N) is 3.